The summed E-state index contributed by atoms with van der Waals surface area (Å²) in [6.07, 6.45) is 2.01. The lowest BCUT2D eigenvalue weighted by atomic mass is 10.1. The van der Waals surface area contributed by atoms with Gasteiger partial charge in [-0.05, 0) is 6.42 Å². The zero-order valence-corrected chi connectivity index (χ0v) is 10.0. The summed E-state index contributed by atoms with van der Waals surface area (Å²) in [5.74, 6) is -0.719. The Labute approximate surface area is 103 Å². The van der Waals surface area contributed by atoms with E-state index in [9.17, 15) is 9.59 Å². The molecule has 0 aromatic carbocycles. The fraction of sp³-hybridized carbons (Fsp3) is 0.667. The second-order valence-electron chi connectivity index (χ2n) is 3.69. The van der Waals surface area contributed by atoms with Gasteiger partial charge >= 0.3 is 12.0 Å². The zero-order chi connectivity index (χ0) is 13.4. The maximum absolute atomic E-state index is 11.4. The molecule has 2 amide bonds. The van der Waals surface area contributed by atoms with Gasteiger partial charge in [0.25, 0.3) is 0 Å². The highest BCUT2D eigenvalue weighted by molar-refractivity contribution is 5.82. The van der Waals surface area contributed by atoms with Gasteiger partial charge in [0.2, 0.25) is 0 Å². The number of unbranched alkanes of at least 4 members (excludes halogenated alkanes) is 1. The SMILES string of the molecule is CCCCC(NC(=O)NCc1nn[nH]n1)C(=O)O. The van der Waals surface area contributed by atoms with Gasteiger partial charge in [0, 0.05) is 0 Å². The normalized spacial score (nSPS) is 11.8. The summed E-state index contributed by atoms with van der Waals surface area (Å²) < 4.78 is 0. The molecule has 0 radical (unpaired) electrons. The highest BCUT2D eigenvalue weighted by Gasteiger charge is 2.18. The summed E-state index contributed by atoms with van der Waals surface area (Å²) in [7, 11) is 0. The third kappa shape index (κ3) is 4.76. The van der Waals surface area contributed by atoms with Crippen molar-refractivity contribution in [1.82, 2.24) is 31.3 Å². The maximum atomic E-state index is 11.4. The van der Waals surface area contributed by atoms with E-state index >= 15 is 0 Å². The minimum Gasteiger partial charge on any atom is -0.480 e. The molecule has 0 saturated carbocycles. The highest BCUT2D eigenvalue weighted by atomic mass is 16.4. The Kier molecular flexibility index (Phi) is 5.55. The molecule has 1 aromatic heterocycles. The first-order valence-electron chi connectivity index (χ1n) is 5.63. The topological polar surface area (TPSA) is 133 Å². The summed E-state index contributed by atoms with van der Waals surface area (Å²) in [6.45, 7) is 2.04. The van der Waals surface area contributed by atoms with E-state index in [1.165, 1.54) is 0 Å². The number of amides is 2. The molecule has 1 unspecified atom stereocenters. The molecule has 1 heterocycles. The summed E-state index contributed by atoms with van der Waals surface area (Å²) >= 11 is 0. The molecule has 0 aliphatic rings. The summed E-state index contributed by atoms with van der Waals surface area (Å²) in [5, 5.41) is 26.6. The van der Waals surface area contributed by atoms with Gasteiger partial charge in [0.15, 0.2) is 5.82 Å². The molecule has 4 N–H and O–H groups in total. The minimum atomic E-state index is -1.04. The van der Waals surface area contributed by atoms with Crippen LogP contribution in [0, 0.1) is 0 Å². The van der Waals surface area contributed by atoms with Gasteiger partial charge in [-0.15, -0.1) is 10.2 Å². The number of carboxylic acid groups (broad SMARTS) is 1. The van der Waals surface area contributed by atoms with Crippen LogP contribution in [0.1, 0.15) is 32.0 Å². The number of hydrogen-bond acceptors (Lipinski definition) is 5. The third-order valence-corrected chi connectivity index (χ3v) is 2.25. The number of rotatable bonds is 7. The van der Waals surface area contributed by atoms with Gasteiger partial charge < -0.3 is 15.7 Å². The number of urea groups is 1. The average Bonchev–Trinajstić information content (AvgIpc) is 2.84. The lowest BCUT2D eigenvalue weighted by Gasteiger charge is -2.14. The molecule has 9 heteroatoms. The largest absolute Gasteiger partial charge is 0.480 e. The number of aromatic amines is 1. The first-order chi connectivity index (χ1) is 8.63. The second kappa shape index (κ2) is 7.20. The number of tetrazole rings is 1. The van der Waals surface area contributed by atoms with Gasteiger partial charge in [-0.3, -0.25) is 0 Å². The Morgan fingerprint density at radius 3 is 2.83 bits per heavy atom. The van der Waals surface area contributed by atoms with Gasteiger partial charge in [-0.2, -0.15) is 5.21 Å². The van der Waals surface area contributed by atoms with Crippen LogP contribution in [0.3, 0.4) is 0 Å². The number of aliphatic carboxylic acids is 1. The Morgan fingerprint density at radius 1 is 1.50 bits per heavy atom. The molecule has 0 saturated heterocycles. The predicted octanol–water partition coefficient (Wildman–Crippen LogP) is -0.358. The van der Waals surface area contributed by atoms with Crippen LogP contribution in [0.5, 0.6) is 0 Å². The number of aromatic nitrogens is 4. The van der Waals surface area contributed by atoms with E-state index in [-0.39, 0.29) is 6.54 Å². The van der Waals surface area contributed by atoms with Crippen molar-refractivity contribution in [3.63, 3.8) is 0 Å². The Hall–Kier alpha value is -2.19. The van der Waals surface area contributed by atoms with Crippen molar-refractivity contribution in [3.05, 3.63) is 5.82 Å². The van der Waals surface area contributed by atoms with Crippen LogP contribution in [0.4, 0.5) is 4.79 Å². The number of carbonyl (C=O) groups excluding carboxylic acids is 1. The maximum Gasteiger partial charge on any atom is 0.326 e. The molecule has 0 bridgehead atoms. The summed E-state index contributed by atoms with van der Waals surface area (Å²) in [6, 6.07) is -1.45. The van der Waals surface area contributed by atoms with Crippen molar-refractivity contribution in [2.75, 3.05) is 0 Å². The van der Waals surface area contributed by atoms with E-state index in [1.807, 2.05) is 6.92 Å². The van der Waals surface area contributed by atoms with Crippen LogP contribution >= 0.6 is 0 Å². The molecular formula is C9H16N6O3. The molecule has 0 aliphatic heterocycles. The number of H-pyrrole nitrogens is 1. The first-order valence-corrected chi connectivity index (χ1v) is 5.63. The van der Waals surface area contributed by atoms with E-state index in [2.05, 4.69) is 31.3 Å². The smallest absolute Gasteiger partial charge is 0.326 e. The summed E-state index contributed by atoms with van der Waals surface area (Å²) in [5.41, 5.74) is 0. The molecule has 1 atom stereocenters. The molecular weight excluding hydrogens is 240 g/mol. The highest BCUT2D eigenvalue weighted by Crippen LogP contribution is 2.00. The van der Waals surface area contributed by atoms with E-state index in [4.69, 9.17) is 5.11 Å². The van der Waals surface area contributed by atoms with E-state index in [1.54, 1.807) is 0 Å². The molecule has 1 rings (SSSR count). The number of hydrogen-bond donors (Lipinski definition) is 4. The van der Waals surface area contributed by atoms with Crippen molar-refractivity contribution in [2.24, 2.45) is 0 Å². The van der Waals surface area contributed by atoms with Crippen LogP contribution in [-0.2, 0) is 11.3 Å². The van der Waals surface area contributed by atoms with Gasteiger partial charge in [-0.25, -0.2) is 9.59 Å². The standard InChI is InChI=1S/C9H16N6O3/c1-2-3-4-6(8(16)17)11-9(18)10-5-7-12-14-15-13-7/h6H,2-5H2,1H3,(H,16,17)(H2,10,11,18)(H,12,13,14,15). The van der Waals surface area contributed by atoms with E-state index in [0.717, 1.165) is 12.8 Å². The second-order valence-corrected chi connectivity index (χ2v) is 3.69. The van der Waals surface area contributed by atoms with Crippen LogP contribution in [0.15, 0.2) is 0 Å². The van der Waals surface area contributed by atoms with Crippen LogP contribution < -0.4 is 10.6 Å². The molecule has 100 valence electrons. The fourth-order valence-electron chi connectivity index (χ4n) is 1.29. The Balaban J connectivity index is 2.34. The Bertz CT molecular complexity index is 380. The first kappa shape index (κ1) is 13.9. The van der Waals surface area contributed by atoms with Crippen LogP contribution in [0.2, 0.25) is 0 Å². The van der Waals surface area contributed by atoms with Crippen LogP contribution in [0.25, 0.3) is 0 Å². The quantitative estimate of drug-likeness (QED) is 0.526. The van der Waals surface area contributed by atoms with Gasteiger partial charge in [0.05, 0.1) is 6.54 Å². The van der Waals surface area contributed by atoms with Crippen molar-refractivity contribution in [3.8, 4) is 0 Å². The molecule has 1 aromatic rings. The van der Waals surface area contributed by atoms with E-state index in [0.29, 0.717) is 12.2 Å². The molecule has 0 spiro atoms. The van der Waals surface area contributed by atoms with Crippen LogP contribution in [-0.4, -0.2) is 43.8 Å². The average molecular weight is 256 g/mol. The van der Waals surface area contributed by atoms with E-state index < -0.39 is 18.0 Å². The van der Waals surface area contributed by atoms with Crippen molar-refractivity contribution < 1.29 is 14.7 Å². The van der Waals surface area contributed by atoms with Gasteiger partial charge in [-0.1, -0.05) is 25.0 Å². The lowest BCUT2D eigenvalue weighted by molar-refractivity contribution is -0.139. The Morgan fingerprint density at radius 2 is 2.28 bits per heavy atom. The number of carbonyl (C=O) groups is 2. The molecule has 0 fully saturated rings. The number of carboxylic acids is 1. The number of nitrogens with one attached hydrogen (secondary N) is 3. The molecule has 0 aliphatic carbocycles. The van der Waals surface area contributed by atoms with Crippen molar-refractivity contribution in [2.45, 2.75) is 38.8 Å². The monoisotopic (exact) mass is 256 g/mol. The third-order valence-electron chi connectivity index (χ3n) is 2.25. The van der Waals surface area contributed by atoms with Crippen molar-refractivity contribution >= 4 is 12.0 Å². The fourth-order valence-corrected chi connectivity index (χ4v) is 1.29. The van der Waals surface area contributed by atoms with Gasteiger partial charge in [0.1, 0.15) is 6.04 Å². The van der Waals surface area contributed by atoms with Crippen molar-refractivity contribution in [1.29, 1.82) is 0 Å². The lowest BCUT2D eigenvalue weighted by Crippen LogP contribution is -2.45. The summed E-state index contributed by atoms with van der Waals surface area (Å²) in [4.78, 5) is 22.3. The minimum absolute atomic E-state index is 0.0858. The zero-order valence-electron chi connectivity index (χ0n) is 10.0. The molecule has 18 heavy (non-hydrogen) atoms. The predicted molar refractivity (Wildman–Crippen MR) is 60.5 cm³/mol. The molecule has 9 nitrogen and oxygen atoms in total. The number of nitrogens with zero attached hydrogens (tertiary/aromatic N) is 3.